The van der Waals surface area contributed by atoms with Crippen LogP contribution in [-0.4, -0.2) is 20.7 Å². The van der Waals surface area contributed by atoms with Gasteiger partial charge in [-0.1, -0.05) is 37.4 Å². The molecule has 7 heteroatoms. The summed E-state index contributed by atoms with van der Waals surface area (Å²) in [6, 6.07) is 2.61. The Morgan fingerprint density at radius 1 is 1.44 bits per heavy atom. The minimum atomic E-state index is -0.474. The molecule has 1 heterocycles. The quantitative estimate of drug-likeness (QED) is 0.877. The maximum absolute atomic E-state index is 14.7. The molecule has 1 atom stereocenters. The molecule has 1 N–H and O–H groups in total. The minimum Gasteiger partial charge on any atom is -0.347 e. The SMILES string of the molecule is Cc1ccc(F)c(C(NC(=O)Cn2cncn2)C2(C)CCCC2)c1Cl. The van der Waals surface area contributed by atoms with Crippen molar-refractivity contribution in [3.8, 4) is 0 Å². The van der Waals surface area contributed by atoms with Gasteiger partial charge in [-0.2, -0.15) is 5.10 Å². The molecule has 1 amide bonds. The number of aryl methyl sites for hydroxylation is 1. The Bertz CT molecular complexity index is 757. The first kappa shape index (κ1) is 17.9. The molecule has 134 valence electrons. The topological polar surface area (TPSA) is 59.8 Å². The molecule has 1 aliphatic rings. The number of hydrogen-bond acceptors (Lipinski definition) is 3. The lowest BCUT2D eigenvalue weighted by molar-refractivity contribution is -0.123. The van der Waals surface area contributed by atoms with E-state index >= 15 is 0 Å². The Balaban J connectivity index is 1.94. The Hall–Kier alpha value is -1.95. The summed E-state index contributed by atoms with van der Waals surface area (Å²) >= 11 is 6.44. The largest absolute Gasteiger partial charge is 0.347 e. The Morgan fingerprint density at radius 3 is 2.80 bits per heavy atom. The predicted molar refractivity (Wildman–Crippen MR) is 93.6 cm³/mol. The molecule has 1 aromatic heterocycles. The molecule has 0 bridgehead atoms. The molecule has 5 nitrogen and oxygen atoms in total. The number of carbonyl (C=O) groups excluding carboxylic acids is 1. The maximum atomic E-state index is 14.7. The van der Waals surface area contributed by atoms with Crippen molar-refractivity contribution in [3.05, 3.63) is 46.8 Å². The van der Waals surface area contributed by atoms with Gasteiger partial charge in [-0.05, 0) is 36.8 Å². The minimum absolute atomic E-state index is 0.0393. The molecule has 2 aromatic rings. The monoisotopic (exact) mass is 364 g/mol. The van der Waals surface area contributed by atoms with Crippen LogP contribution in [0.2, 0.25) is 5.02 Å². The van der Waals surface area contributed by atoms with E-state index in [1.807, 2.05) is 6.92 Å². The highest BCUT2D eigenvalue weighted by Gasteiger charge is 2.41. The highest BCUT2D eigenvalue weighted by molar-refractivity contribution is 6.32. The summed E-state index contributed by atoms with van der Waals surface area (Å²) in [6.45, 7) is 3.98. The van der Waals surface area contributed by atoms with Crippen LogP contribution >= 0.6 is 11.6 Å². The molecule has 1 unspecified atom stereocenters. The fourth-order valence-electron chi connectivity index (χ4n) is 3.68. The zero-order valence-corrected chi connectivity index (χ0v) is 15.2. The summed E-state index contributed by atoms with van der Waals surface area (Å²) in [4.78, 5) is 16.4. The Kier molecular flexibility index (Phi) is 5.08. The smallest absolute Gasteiger partial charge is 0.242 e. The molecular formula is C18H22ClFN4O. The van der Waals surface area contributed by atoms with Crippen LogP contribution in [0.4, 0.5) is 4.39 Å². The fraction of sp³-hybridized carbons (Fsp3) is 0.500. The molecule has 0 saturated heterocycles. The molecular weight excluding hydrogens is 343 g/mol. The van der Waals surface area contributed by atoms with Crippen LogP contribution in [0.1, 0.15) is 49.8 Å². The van der Waals surface area contributed by atoms with Gasteiger partial charge in [-0.25, -0.2) is 14.1 Å². The van der Waals surface area contributed by atoms with Crippen molar-refractivity contribution in [2.75, 3.05) is 0 Å². The predicted octanol–water partition coefficient (Wildman–Crippen LogP) is 3.82. The summed E-state index contributed by atoms with van der Waals surface area (Å²) in [6.07, 6.45) is 6.83. The Labute approximate surface area is 151 Å². The van der Waals surface area contributed by atoms with E-state index in [0.717, 1.165) is 31.2 Å². The second-order valence-corrected chi connectivity index (χ2v) is 7.42. The van der Waals surface area contributed by atoms with Gasteiger partial charge in [0.15, 0.2) is 0 Å². The van der Waals surface area contributed by atoms with Crippen LogP contribution in [0.5, 0.6) is 0 Å². The highest BCUT2D eigenvalue weighted by Crippen LogP contribution is 2.49. The van der Waals surface area contributed by atoms with Crippen LogP contribution in [-0.2, 0) is 11.3 Å². The fourth-order valence-corrected chi connectivity index (χ4v) is 3.94. The van der Waals surface area contributed by atoms with Crippen molar-refractivity contribution >= 4 is 17.5 Å². The first-order valence-electron chi connectivity index (χ1n) is 8.47. The van der Waals surface area contributed by atoms with Gasteiger partial charge < -0.3 is 5.32 Å². The van der Waals surface area contributed by atoms with Crippen molar-refractivity contribution in [2.24, 2.45) is 5.41 Å². The second kappa shape index (κ2) is 7.12. The Morgan fingerprint density at radius 2 is 2.16 bits per heavy atom. The van der Waals surface area contributed by atoms with Gasteiger partial charge >= 0.3 is 0 Å². The van der Waals surface area contributed by atoms with Crippen LogP contribution in [0.25, 0.3) is 0 Å². The number of nitrogens with one attached hydrogen (secondary N) is 1. The first-order chi connectivity index (χ1) is 11.9. The lowest BCUT2D eigenvalue weighted by Crippen LogP contribution is -2.40. The van der Waals surface area contributed by atoms with E-state index in [1.165, 1.54) is 23.4 Å². The number of nitrogens with zero attached hydrogens (tertiary/aromatic N) is 3. The van der Waals surface area contributed by atoms with Crippen LogP contribution in [0.3, 0.4) is 0 Å². The number of halogens is 2. The average Bonchev–Trinajstić information content (AvgIpc) is 3.23. The van der Waals surface area contributed by atoms with Gasteiger partial charge in [0, 0.05) is 5.56 Å². The number of rotatable bonds is 5. The average molecular weight is 365 g/mol. The van der Waals surface area contributed by atoms with Gasteiger partial charge in [0.2, 0.25) is 5.91 Å². The van der Waals surface area contributed by atoms with Gasteiger partial charge in [-0.15, -0.1) is 0 Å². The first-order valence-corrected chi connectivity index (χ1v) is 8.85. The van der Waals surface area contributed by atoms with E-state index in [2.05, 4.69) is 22.3 Å². The van der Waals surface area contributed by atoms with E-state index in [1.54, 1.807) is 6.07 Å². The van der Waals surface area contributed by atoms with Gasteiger partial charge in [0.05, 0.1) is 11.1 Å². The van der Waals surface area contributed by atoms with Gasteiger partial charge in [-0.3, -0.25) is 4.79 Å². The van der Waals surface area contributed by atoms with Crippen LogP contribution in [0, 0.1) is 18.2 Å². The van der Waals surface area contributed by atoms with Gasteiger partial charge in [0.25, 0.3) is 0 Å². The number of aromatic nitrogens is 3. The number of amides is 1. The molecule has 0 radical (unpaired) electrons. The van der Waals surface area contributed by atoms with Crippen LogP contribution in [0.15, 0.2) is 24.8 Å². The molecule has 1 saturated carbocycles. The summed E-state index contributed by atoms with van der Waals surface area (Å²) in [5.41, 5.74) is 0.962. The zero-order chi connectivity index (χ0) is 18.0. The van der Waals surface area contributed by atoms with Crippen molar-refractivity contribution in [1.82, 2.24) is 20.1 Å². The van der Waals surface area contributed by atoms with Crippen molar-refractivity contribution in [2.45, 2.75) is 52.1 Å². The molecule has 1 fully saturated rings. The lowest BCUT2D eigenvalue weighted by atomic mass is 9.76. The van der Waals surface area contributed by atoms with Crippen molar-refractivity contribution in [1.29, 1.82) is 0 Å². The van der Waals surface area contributed by atoms with E-state index in [0.29, 0.717) is 10.6 Å². The third-order valence-electron chi connectivity index (χ3n) is 5.13. The summed E-state index contributed by atoms with van der Waals surface area (Å²) in [5, 5.41) is 7.34. The van der Waals surface area contributed by atoms with Crippen molar-refractivity contribution in [3.63, 3.8) is 0 Å². The molecule has 3 rings (SSSR count). The number of hydrogen-bond donors (Lipinski definition) is 1. The third kappa shape index (κ3) is 3.68. The molecule has 1 aliphatic carbocycles. The summed E-state index contributed by atoms with van der Waals surface area (Å²) in [7, 11) is 0. The molecule has 25 heavy (non-hydrogen) atoms. The van der Waals surface area contributed by atoms with E-state index in [-0.39, 0.29) is 23.7 Å². The molecule has 1 aromatic carbocycles. The standard InChI is InChI=1S/C18H22ClFN4O/c1-12-5-6-13(20)15(16(12)19)17(18(2)7-3-4-8-18)23-14(25)9-24-11-21-10-22-24/h5-6,10-11,17H,3-4,7-9H2,1-2H3,(H,23,25). The van der Waals surface area contributed by atoms with E-state index in [9.17, 15) is 9.18 Å². The second-order valence-electron chi connectivity index (χ2n) is 7.05. The molecule has 0 aliphatic heterocycles. The zero-order valence-electron chi connectivity index (χ0n) is 14.4. The van der Waals surface area contributed by atoms with E-state index < -0.39 is 6.04 Å². The summed E-state index contributed by atoms with van der Waals surface area (Å²) in [5.74, 6) is -0.615. The number of benzene rings is 1. The van der Waals surface area contributed by atoms with Gasteiger partial charge in [0.1, 0.15) is 25.0 Å². The van der Waals surface area contributed by atoms with E-state index in [4.69, 9.17) is 11.6 Å². The summed E-state index contributed by atoms with van der Waals surface area (Å²) < 4.78 is 16.1. The number of carbonyl (C=O) groups is 1. The normalized spacial score (nSPS) is 17.4. The molecule has 0 spiro atoms. The highest BCUT2D eigenvalue weighted by atomic mass is 35.5. The van der Waals surface area contributed by atoms with Crippen LogP contribution < -0.4 is 5.32 Å². The third-order valence-corrected chi connectivity index (χ3v) is 5.63. The van der Waals surface area contributed by atoms with Crippen molar-refractivity contribution < 1.29 is 9.18 Å². The maximum Gasteiger partial charge on any atom is 0.242 e. The lowest BCUT2D eigenvalue weighted by Gasteiger charge is -2.36.